The lowest BCUT2D eigenvalue weighted by molar-refractivity contribution is -0.119. The number of carbonyl (C=O) groups excluding carboxylic acids is 1. The van der Waals surface area contributed by atoms with Crippen LogP contribution in [0.2, 0.25) is 5.02 Å². The number of rotatable bonds is 5. The monoisotopic (exact) mass is 360 g/mol. The molecule has 0 spiro atoms. The summed E-state index contributed by atoms with van der Waals surface area (Å²) in [5, 5.41) is 4.24. The van der Waals surface area contributed by atoms with Gasteiger partial charge in [0, 0.05) is 28.3 Å². The SMILES string of the molecule is C[C@H]1CN(CC(=O)NCCc2ccc(Cl)cc2)c2ccccc2S1. The van der Waals surface area contributed by atoms with E-state index in [0.717, 1.165) is 23.7 Å². The number of nitrogens with zero attached hydrogens (tertiary/aromatic N) is 1. The molecule has 0 radical (unpaired) electrons. The summed E-state index contributed by atoms with van der Waals surface area (Å²) in [6, 6.07) is 16.0. The molecule has 0 unspecified atom stereocenters. The van der Waals surface area contributed by atoms with Gasteiger partial charge in [0.15, 0.2) is 0 Å². The van der Waals surface area contributed by atoms with Gasteiger partial charge in [-0.2, -0.15) is 0 Å². The van der Waals surface area contributed by atoms with Crippen molar-refractivity contribution in [2.75, 3.05) is 24.5 Å². The number of thioether (sulfide) groups is 1. The number of hydrogen-bond donors (Lipinski definition) is 1. The van der Waals surface area contributed by atoms with Crippen LogP contribution in [-0.2, 0) is 11.2 Å². The number of benzene rings is 2. The number of fused-ring (bicyclic) bond motifs is 1. The Kier molecular flexibility index (Phi) is 5.69. The molecule has 0 aliphatic carbocycles. The number of halogens is 1. The Morgan fingerprint density at radius 1 is 1.25 bits per heavy atom. The number of amides is 1. The maximum atomic E-state index is 12.3. The number of anilines is 1. The average Bonchev–Trinajstić information content (AvgIpc) is 2.56. The van der Waals surface area contributed by atoms with Crippen LogP contribution in [-0.4, -0.2) is 30.8 Å². The summed E-state index contributed by atoms with van der Waals surface area (Å²) in [6.45, 7) is 4.14. The first-order valence-electron chi connectivity index (χ1n) is 8.13. The van der Waals surface area contributed by atoms with Gasteiger partial charge >= 0.3 is 0 Å². The molecule has 0 aromatic heterocycles. The third kappa shape index (κ3) is 4.46. The molecule has 0 saturated carbocycles. The molecule has 1 aliphatic rings. The van der Waals surface area contributed by atoms with E-state index in [-0.39, 0.29) is 5.91 Å². The Hall–Kier alpha value is -1.65. The van der Waals surface area contributed by atoms with Crippen LogP contribution < -0.4 is 10.2 Å². The molecule has 1 N–H and O–H groups in total. The maximum absolute atomic E-state index is 12.3. The van der Waals surface area contributed by atoms with Crippen LogP contribution in [0.15, 0.2) is 53.4 Å². The van der Waals surface area contributed by atoms with Crippen LogP contribution in [0.3, 0.4) is 0 Å². The molecule has 3 rings (SSSR count). The highest BCUT2D eigenvalue weighted by Crippen LogP contribution is 2.37. The third-order valence-electron chi connectivity index (χ3n) is 4.00. The fourth-order valence-corrected chi connectivity index (χ4v) is 4.15. The van der Waals surface area contributed by atoms with E-state index in [0.29, 0.717) is 18.3 Å². The van der Waals surface area contributed by atoms with Crippen molar-refractivity contribution in [2.45, 2.75) is 23.5 Å². The molecule has 2 aromatic carbocycles. The maximum Gasteiger partial charge on any atom is 0.239 e. The summed E-state index contributed by atoms with van der Waals surface area (Å²) >= 11 is 7.76. The van der Waals surface area contributed by atoms with Crippen LogP contribution in [0, 0.1) is 0 Å². The topological polar surface area (TPSA) is 32.3 Å². The zero-order chi connectivity index (χ0) is 16.9. The predicted molar refractivity (Wildman–Crippen MR) is 102 cm³/mol. The van der Waals surface area contributed by atoms with Gasteiger partial charge in [-0.25, -0.2) is 0 Å². The van der Waals surface area contributed by atoms with Gasteiger partial charge < -0.3 is 10.2 Å². The minimum atomic E-state index is 0.0675. The minimum Gasteiger partial charge on any atom is -0.360 e. The van der Waals surface area contributed by atoms with E-state index in [1.165, 1.54) is 10.5 Å². The van der Waals surface area contributed by atoms with Crippen molar-refractivity contribution in [3.63, 3.8) is 0 Å². The first-order valence-corrected chi connectivity index (χ1v) is 9.39. The molecule has 0 fully saturated rings. The second-order valence-electron chi connectivity index (χ2n) is 6.00. The largest absolute Gasteiger partial charge is 0.360 e. The number of nitrogens with one attached hydrogen (secondary N) is 1. The van der Waals surface area contributed by atoms with E-state index in [1.807, 2.05) is 48.2 Å². The van der Waals surface area contributed by atoms with Crippen LogP contribution in [0.5, 0.6) is 0 Å². The van der Waals surface area contributed by atoms with E-state index >= 15 is 0 Å². The van der Waals surface area contributed by atoms with Crippen molar-refractivity contribution in [3.8, 4) is 0 Å². The van der Waals surface area contributed by atoms with Gasteiger partial charge in [0.25, 0.3) is 0 Å². The zero-order valence-corrected chi connectivity index (χ0v) is 15.2. The lowest BCUT2D eigenvalue weighted by Crippen LogP contribution is -2.42. The lowest BCUT2D eigenvalue weighted by Gasteiger charge is -2.33. The molecule has 1 aliphatic heterocycles. The standard InChI is InChI=1S/C19H21ClN2OS/c1-14-12-22(17-4-2-3-5-18(17)24-14)13-19(23)21-11-10-15-6-8-16(20)9-7-15/h2-9,14H,10-13H2,1H3,(H,21,23)/t14-/m0/s1. The lowest BCUT2D eigenvalue weighted by atomic mass is 10.1. The van der Waals surface area contributed by atoms with Gasteiger partial charge in [0.05, 0.1) is 12.2 Å². The fraction of sp³-hybridized carbons (Fsp3) is 0.316. The van der Waals surface area contributed by atoms with Gasteiger partial charge in [-0.05, 0) is 36.2 Å². The normalized spacial score (nSPS) is 16.6. The average molecular weight is 361 g/mol. The fourth-order valence-electron chi connectivity index (χ4n) is 2.86. The van der Waals surface area contributed by atoms with Crippen molar-refractivity contribution in [1.29, 1.82) is 0 Å². The molecule has 2 aromatic rings. The highest BCUT2D eigenvalue weighted by atomic mass is 35.5. The Labute approximate surface area is 152 Å². The summed E-state index contributed by atoms with van der Waals surface area (Å²) in [6.07, 6.45) is 0.811. The van der Waals surface area contributed by atoms with Crippen LogP contribution in [0.25, 0.3) is 0 Å². The van der Waals surface area contributed by atoms with Crippen molar-refractivity contribution >= 4 is 35.0 Å². The Morgan fingerprint density at radius 2 is 2.00 bits per heavy atom. The molecule has 126 valence electrons. The van der Waals surface area contributed by atoms with E-state index in [2.05, 4.69) is 29.3 Å². The van der Waals surface area contributed by atoms with Crippen molar-refractivity contribution in [1.82, 2.24) is 5.32 Å². The van der Waals surface area contributed by atoms with Gasteiger partial charge in [-0.15, -0.1) is 11.8 Å². The van der Waals surface area contributed by atoms with Crippen molar-refractivity contribution in [2.24, 2.45) is 0 Å². The molecular formula is C19H21ClN2OS. The van der Waals surface area contributed by atoms with E-state index in [4.69, 9.17) is 11.6 Å². The Bertz CT molecular complexity index is 705. The van der Waals surface area contributed by atoms with Gasteiger partial charge in [0.1, 0.15) is 0 Å². The van der Waals surface area contributed by atoms with E-state index < -0.39 is 0 Å². The highest BCUT2D eigenvalue weighted by Gasteiger charge is 2.23. The first-order chi connectivity index (χ1) is 11.6. The molecule has 1 atom stereocenters. The molecule has 3 nitrogen and oxygen atoms in total. The van der Waals surface area contributed by atoms with E-state index in [9.17, 15) is 4.79 Å². The highest BCUT2D eigenvalue weighted by molar-refractivity contribution is 8.00. The van der Waals surface area contributed by atoms with E-state index in [1.54, 1.807) is 0 Å². The molecular weight excluding hydrogens is 340 g/mol. The Balaban J connectivity index is 1.52. The zero-order valence-electron chi connectivity index (χ0n) is 13.7. The second-order valence-corrected chi connectivity index (χ2v) is 7.92. The van der Waals surface area contributed by atoms with Gasteiger partial charge in [-0.1, -0.05) is 42.8 Å². The van der Waals surface area contributed by atoms with Crippen LogP contribution >= 0.6 is 23.4 Å². The second kappa shape index (κ2) is 7.95. The third-order valence-corrected chi connectivity index (χ3v) is 5.40. The van der Waals surface area contributed by atoms with Crippen LogP contribution in [0.4, 0.5) is 5.69 Å². The smallest absolute Gasteiger partial charge is 0.239 e. The van der Waals surface area contributed by atoms with Gasteiger partial charge in [-0.3, -0.25) is 4.79 Å². The summed E-state index contributed by atoms with van der Waals surface area (Å²) in [5.74, 6) is 0.0675. The summed E-state index contributed by atoms with van der Waals surface area (Å²) < 4.78 is 0. The summed E-state index contributed by atoms with van der Waals surface area (Å²) in [7, 11) is 0. The van der Waals surface area contributed by atoms with Crippen LogP contribution in [0.1, 0.15) is 12.5 Å². The molecule has 5 heteroatoms. The van der Waals surface area contributed by atoms with Crippen molar-refractivity contribution < 1.29 is 4.79 Å². The van der Waals surface area contributed by atoms with Crippen molar-refractivity contribution in [3.05, 3.63) is 59.1 Å². The summed E-state index contributed by atoms with van der Waals surface area (Å²) in [5.41, 5.74) is 2.33. The number of hydrogen-bond acceptors (Lipinski definition) is 3. The van der Waals surface area contributed by atoms with Gasteiger partial charge in [0.2, 0.25) is 5.91 Å². The molecule has 24 heavy (non-hydrogen) atoms. The molecule has 1 amide bonds. The minimum absolute atomic E-state index is 0.0675. The first kappa shape index (κ1) is 17.2. The summed E-state index contributed by atoms with van der Waals surface area (Å²) in [4.78, 5) is 15.7. The quantitative estimate of drug-likeness (QED) is 0.874. The number of carbonyl (C=O) groups is 1. The molecule has 1 heterocycles. The molecule has 0 saturated heterocycles. The molecule has 0 bridgehead atoms. The Morgan fingerprint density at radius 3 is 2.79 bits per heavy atom. The number of para-hydroxylation sites is 1. The predicted octanol–water partition coefficient (Wildman–Crippen LogP) is 4.00.